The Morgan fingerprint density at radius 2 is 1.78 bits per heavy atom. The van der Waals surface area contributed by atoms with Crippen LogP contribution in [0, 0.1) is 5.92 Å². The largest absolute Gasteiger partial charge is 0.384 e. The molecule has 0 saturated heterocycles. The summed E-state index contributed by atoms with van der Waals surface area (Å²) in [4.78, 5) is 0. The van der Waals surface area contributed by atoms with Crippen LogP contribution in [0.25, 0.3) is 0 Å². The molecule has 1 aliphatic rings. The summed E-state index contributed by atoms with van der Waals surface area (Å²) in [6.07, 6.45) is 11.5. The van der Waals surface area contributed by atoms with Crippen molar-refractivity contribution in [1.82, 2.24) is 0 Å². The molecule has 0 aliphatic heterocycles. The highest BCUT2D eigenvalue weighted by Crippen LogP contribution is 2.38. The maximum absolute atomic E-state index is 5.38. The van der Waals surface area contributed by atoms with Gasteiger partial charge in [-0.3, -0.25) is 0 Å². The van der Waals surface area contributed by atoms with Crippen molar-refractivity contribution in [1.29, 1.82) is 0 Å². The van der Waals surface area contributed by atoms with Gasteiger partial charge in [0.25, 0.3) is 0 Å². The standard InChI is InChI=1S/C17H24O/c1-6-8-10-15-13(3)14(4)16(11-9-7-2)17(15)12-18-5/h6,8-11,17H,1,7,12H2,2-5H3/b10-8-,11-9-. The van der Waals surface area contributed by atoms with Crippen LogP contribution in [-0.2, 0) is 4.74 Å². The van der Waals surface area contributed by atoms with Gasteiger partial charge in [-0.05, 0) is 42.6 Å². The van der Waals surface area contributed by atoms with Crippen molar-refractivity contribution in [2.45, 2.75) is 27.2 Å². The first-order valence-corrected chi connectivity index (χ1v) is 6.53. The summed E-state index contributed by atoms with van der Waals surface area (Å²) < 4.78 is 5.38. The van der Waals surface area contributed by atoms with Crippen LogP contribution in [0.4, 0.5) is 0 Å². The zero-order chi connectivity index (χ0) is 13.5. The molecule has 0 heterocycles. The van der Waals surface area contributed by atoms with E-state index in [1.807, 2.05) is 12.2 Å². The molecule has 1 unspecified atom stereocenters. The highest BCUT2D eigenvalue weighted by Gasteiger charge is 2.26. The van der Waals surface area contributed by atoms with Gasteiger partial charge in [0, 0.05) is 13.0 Å². The normalized spacial score (nSPS) is 20.8. The second-order valence-electron chi connectivity index (χ2n) is 4.57. The molecule has 0 bridgehead atoms. The van der Waals surface area contributed by atoms with Gasteiger partial charge < -0.3 is 4.74 Å². The van der Waals surface area contributed by atoms with Crippen LogP contribution >= 0.6 is 0 Å². The van der Waals surface area contributed by atoms with E-state index in [1.165, 1.54) is 22.3 Å². The average molecular weight is 244 g/mol. The molecule has 1 rings (SSSR count). The van der Waals surface area contributed by atoms with Crippen LogP contribution in [0.2, 0.25) is 0 Å². The summed E-state index contributed by atoms with van der Waals surface area (Å²) in [7, 11) is 1.76. The number of hydrogen-bond donors (Lipinski definition) is 0. The molecule has 1 atom stereocenters. The van der Waals surface area contributed by atoms with Crippen LogP contribution in [0.15, 0.2) is 59.3 Å². The Kier molecular flexibility index (Phi) is 5.87. The van der Waals surface area contributed by atoms with E-state index in [-0.39, 0.29) is 0 Å². The van der Waals surface area contributed by atoms with E-state index in [2.05, 4.69) is 45.6 Å². The predicted molar refractivity (Wildman–Crippen MR) is 79.5 cm³/mol. The molecular formula is C17H24O. The molecular weight excluding hydrogens is 220 g/mol. The third-order valence-electron chi connectivity index (χ3n) is 3.46. The number of allylic oxidation sites excluding steroid dienone is 7. The van der Waals surface area contributed by atoms with Crippen LogP contribution in [0.1, 0.15) is 27.2 Å². The Morgan fingerprint density at radius 3 is 2.28 bits per heavy atom. The van der Waals surface area contributed by atoms with Crippen molar-refractivity contribution in [2.75, 3.05) is 13.7 Å². The second kappa shape index (κ2) is 7.17. The molecule has 0 N–H and O–H groups in total. The number of methoxy groups -OCH3 is 1. The predicted octanol–water partition coefficient (Wildman–Crippen LogP) is 4.60. The maximum Gasteiger partial charge on any atom is 0.0571 e. The van der Waals surface area contributed by atoms with E-state index in [0.29, 0.717) is 5.92 Å². The van der Waals surface area contributed by atoms with Gasteiger partial charge in [0.05, 0.1) is 6.61 Å². The lowest BCUT2D eigenvalue weighted by Gasteiger charge is -2.14. The zero-order valence-corrected chi connectivity index (χ0v) is 12.0. The molecule has 0 amide bonds. The van der Waals surface area contributed by atoms with Crippen LogP contribution in [0.5, 0.6) is 0 Å². The van der Waals surface area contributed by atoms with Gasteiger partial charge in [-0.15, -0.1) is 0 Å². The van der Waals surface area contributed by atoms with Crippen LogP contribution in [-0.4, -0.2) is 13.7 Å². The smallest absolute Gasteiger partial charge is 0.0571 e. The SMILES string of the molecule is C=C/C=C\C1=C(C)C(C)=C(/C=C\CC)C1COC. The zero-order valence-electron chi connectivity index (χ0n) is 12.0. The van der Waals surface area contributed by atoms with Gasteiger partial charge in [-0.25, -0.2) is 0 Å². The average Bonchev–Trinajstić information content (AvgIpc) is 2.58. The number of rotatable bonds is 6. The molecule has 0 radical (unpaired) electrons. The van der Waals surface area contributed by atoms with E-state index >= 15 is 0 Å². The lowest BCUT2D eigenvalue weighted by molar-refractivity contribution is 0.180. The monoisotopic (exact) mass is 244 g/mol. The lowest BCUT2D eigenvalue weighted by Crippen LogP contribution is -2.09. The Bertz CT molecular complexity index is 416. The molecule has 1 heteroatoms. The molecule has 1 aliphatic carbocycles. The summed E-state index contributed by atoms with van der Waals surface area (Å²) in [5.74, 6) is 0.356. The topological polar surface area (TPSA) is 9.23 Å². The molecule has 0 saturated carbocycles. The third-order valence-corrected chi connectivity index (χ3v) is 3.46. The Balaban J connectivity index is 3.11. The van der Waals surface area contributed by atoms with Crippen molar-refractivity contribution in [3.8, 4) is 0 Å². The lowest BCUT2D eigenvalue weighted by atomic mass is 9.94. The van der Waals surface area contributed by atoms with Gasteiger partial charge in [0.1, 0.15) is 0 Å². The molecule has 98 valence electrons. The Labute approximate surface area is 111 Å². The van der Waals surface area contributed by atoms with Gasteiger partial charge in [-0.2, -0.15) is 0 Å². The van der Waals surface area contributed by atoms with Gasteiger partial charge in [0.2, 0.25) is 0 Å². The third kappa shape index (κ3) is 3.11. The molecule has 0 aromatic rings. The number of hydrogen-bond acceptors (Lipinski definition) is 1. The Hall–Kier alpha value is -1.34. The first-order valence-electron chi connectivity index (χ1n) is 6.53. The highest BCUT2D eigenvalue weighted by atomic mass is 16.5. The summed E-state index contributed by atoms with van der Waals surface area (Å²) in [5, 5.41) is 0. The fourth-order valence-corrected chi connectivity index (χ4v) is 2.37. The van der Waals surface area contributed by atoms with E-state index in [0.717, 1.165) is 13.0 Å². The maximum atomic E-state index is 5.38. The van der Waals surface area contributed by atoms with Crippen molar-refractivity contribution in [3.05, 3.63) is 59.3 Å². The van der Waals surface area contributed by atoms with Crippen molar-refractivity contribution < 1.29 is 4.74 Å². The van der Waals surface area contributed by atoms with Gasteiger partial charge in [0.15, 0.2) is 0 Å². The van der Waals surface area contributed by atoms with E-state index < -0.39 is 0 Å². The highest BCUT2D eigenvalue weighted by molar-refractivity contribution is 5.55. The molecule has 1 nitrogen and oxygen atoms in total. The molecule has 18 heavy (non-hydrogen) atoms. The molecule has 0 fully saturated rings. The van der Waals surface area contributed by atoms with Gasteiger partial charge in [-0.1, -0.05) is 43.9 Å². The summed E-state index contributed by atoms with van der Waals surface area (Å²) >= 11 is 0. The first kappa shape index (κ1) is 14.7. The van der Waals surface area contributed by atoms with Crippen molar-refractivity contribution >= 4 is 0 Å². The fraction of sp³-hybridized carbons (Fsp3) is 0.412. The quantitative estimate of drug-likeness (QED) is 0.620. The van der Waals surface area contributed by atoms with Crippen molar-refractivity contribution in [3.63, 3.8) is 0 Å². The minimum absolute atomic E-state index is 0.356. The molecule has 0 spiro atoms. The summed E-state index contributed by atoms with van der Waals surface area (Å²) in [6.45, 7) is 11.0. The Morgan fingerprint density at radius 1 is 1.17 bits per heavy atom. The first-order chi connectivity index (χ1) is 8.67. The van der Waals surface area contributed by atoms with Crippen LogP contribution in [0.3, 0.4) is 0 Å². The number of ether oxygens (including phenoxy) is 1. The second-order valence-corrected chi connectivity index (χ2v) is 4.57. The van der Waals surface area contributed by atoms with E-state index in [4.69, 9.17) is 4.74 Å². The molecule has 0 aromatic heterocycles. The summed E-state index contributed by atoms with van der Waals surface area (Å²) in [6, 6.07) is 0. The van der Waals surface area contributed by atoms with Crippen LogP contribution < -0.4 is 0 Å². The fourth-order valence-electron chi connectivity index (χ4n) is 2.37. The minimum atomic E-state index is 0.356. The van der Waals surface area contributed by atoms with Crippen molar-refractivity contribution in [2.24, 2.45) is 5.92 Å². The van der Waals surface area contributed by atoms with E-state index in [9.17, 15) is 0 Å². The minimum Gasteiger partial charge on any atom is -0.384 e. The van der Waals surface area contributed by atoms with E-state index in [1.54, 1.807) is 7.11 Å². The molecule has 0 aromatic carbocycles. The summed E-state index contributed by atoms with van der Waals surface area (Å²) in [5.41, 5.74) is 5.49. The van der Waals surface area contributed by atoms with Gasteiger partial charge >= 0.3 is 0 Å².